The molecule has 1 aliphatic rings. The van der Waals surface area contributed by atoms with Crippen LogP contribution in [0.5, 0.6) is 0 Å². The highest BCUT2D eigenvalue weighted by atomic mass is 19.1. The molecule has 1 saturated heterocycles. The molecule has 0 unspecified atom stereocenters. The van der Waals surface area contributed by atoms with Crippen LogP contribution in [0.25, 0.3) is 0 Å². The molecule has 5 nitrogen and oxygen atoms in total. The standard InChI is InChI=1S/C23H28FN3O2/c1-18(28)27(16-13-25-23(29)17-19-5-7-20(24)8-6-19)22-11-9-21(10-12-22)26-14-3-2-4-15-26/h5-12H,2-4,13-17H2,1H3,(H,25,29). The number of amides is 2. The number of nitrogens with zero attached hydrogens (tertiary/aromatic N) is 2. The fourth-order valence-corrected chi connectivity index (χ4v) is 3.62. The van der Waals surface area contributed by atoms with Crippen molar-refractivity contribution < 1.29 is 14.0 Å². The number of piperidine rings is 1. The summed E-state index contributed by atoms with van der Waals surface area (Å²) in [7, 11) is 0. The van der Waals surface area contributed by atoms with Gasteiger partial charge in [-0.15, -0.1) is 0 Å². The van der Waals surface area contributed by atoms with Crippen LogP contribution in [-0.2, 0) is 16.0 Å². The summed E-state index contributed by atoms with van der Waals surface area (Å²) in [6.45, 7) is 4.44. The van der Waals surface area contributed by atoms with Gasteiger partial charge in [0.05, 0.1) is 6.42 Å². The normalized spacial score (nSPS) is 13.8. The molecular weight excluding hydrogens is 369 g/mol. The average molecular weight is 397 g/mol. The molecule has 3 rings (SSSR count). The highest BCUT2D eigenvalue weighted by molar-refractivity contribution is 5.91. The molecule has 1 fully saturated rings. The second kappa shape index (κ2) is 10.0. The van der Waals surface area contributed by atoms with Gasteiger partial charge in [-0.1, -0.05) is 12.1 Å². The maximum Gasteiger partial charge on any atom is 0.224 e. The first-order valence-electron chi connectivity index (χ1n) is 10.2. The van der Waals surface area contributed by atoms with E-state index < -0.39 is 0 Å². The van der Waals surface area contributed by atoms with Crippen LogP contribution in [0, 0.1) is 5.82 Å². The highest BCUT2D eigenvalue weighted by Gasteiger charge is 2.14. The van der Waals surface area contributed by atoms with E-state index >= 15 is 0 Å². The van der Waals surface area contributed by atoms with E-state index in [0.717, 1.165) is 24.3 Å². The van der Waals surface area contributed by atoms with Crippen LogP contribution in [-0.4, -0.2) is 38.0 Å². The van der Waals surface area contributed by atoms with Gasteiger partial charge in [-0.05, 0) is 61.2 Å². The smallest absolute Gasteiger partial charge is 0.224 e. The van der Waals surface area contributed by atoms with E-state index in [2.05, 4.69) is 22.3 Å². The van der Waals surface area contributed by atoms with Gasteiger partial charge < -0.3 is 15.1 Å². The molecule has 1 N–H and O–H groups in total. The van der Waals surface area contributed by atoms with Gasteiger partial charge >= 0.3 is 0 Å². The maximum absolute atomic E-state index is 12.9. The van der Waals surface area contributed by atoms with E-state index in [1.165, 1.54) is 44.0 Å². The number of rotatable bonds is 7. The molecule has 29 heavy (non-hydrogen) atoms. The van der Waals surface area contributed by atoms with E-state index in [1.807, 2.05) is 12.1 Å². The lowest BCUT2D eigenvalue weighted by Gasteiger charge is -2.29. The quantitative estimate of drug-likeness (QED) is 0.778. The van der Waals surface area contributed by atoms with Crippen molar-refractivity contribution in [3.05, 3.63) is 59.9 Å². The first kappa shape index (κ1) is 20.8. The second-order valence-corrected chi connectivity index (χ2v) is 7.39. The molecule has 2 aromatic rings. The van der Waals surface area contributed by atoms with E-state index in [4.69, 9.17) is 0 Å². The van der Waals surface area contributed by atoms with Gasteiger partial charge in [0.1, 0.15) is 5.82 Å². The fourth-order valence-electron chi connectivity index (χ4n) is 3.62. The summed E-state index contributed by atoms with van der Waals surface area (Å²) in [6.07, 6.45) is 3.92. The Kier molecular flexibility index (Phi) is 7.22. The highest BCUT2D eigenvalue weighted by Crippen LogP contribution is 2.23. The van der Waals surface area contributed by atoms with E-state index in [9.17, 15) is 14.0 Å². The third kappa shape index (κ3) is 6.04. The average Bonchev–Trinajstić information content (AvgIpc) is 2.73. The van der Waals surface area contributed by atoms with E-state index in [-0.39, 0.29) is 24.1 Å². The summed E-state index contributed by atoms with van der Waals surface area (Å²) >= 11 is 0. The molecule has 0 atom stereocenters. The molecule has 0 aromatic heterocycles. The molecule has 1 aliphatic heterocycles. The Morgan fingerprint density at radius 2 is 1.66 bits per heavy atom. The van der Waals surface area contributed by atoms with Gasteiger partial charge in [0.2, 0.25) is 11.8 Å². The van der Waals surface area contributed by atoms with Crippen molar-refractivity contribution >= 4 is 23.2 Å². The fraction of sp³-hybridized carbons (Fsp3) is 0.391. The Morgan fingerprint density at radius 3 is 2.28 bits per heavy atom. The molecule has 0 spiro atoms. The minimum Gasteiger partial charge on any atom is -0.372 e. The van der Waals surface area contributed by atoms with Crippen LogP contribution < -0.4 is 15.1 Å². The lowest BCUT2D eigenvalue weighted by Crippen LogP contribution is -2.38. The summed E-state index contributed by atoms with van der Waals surface area (Å²) in [6, 6.07) is 13.9. The molecule has 154 valence electrons. The third-order valence-corrected chi connectivity index (χ3v) is 5.20. The summed E-state index contributed by atoms with van der Waals surface area (Å²) in [5.74, 6) is -0.540. The number of hydrogen-bond acceptors (Lipinski definition) is 3. The number of hydrogen-bond donors (Lipinski definition) is 1. The van der Waals surface area contributed by atoms with E-state index in [1.54, 1.807) is 17.0 Å². The van der Waals surface area contributed by atoms with Crippen molar-refractivity contribution in [2.45, 2.75) is 32.6 Å². The van der Waals surface area contributed by atoms with Crippen molar-refractivity contribution in [1.82, 2.24) is 5.32 Å². The van der Waals surface area contributed by atoms with Crippen LogP contribution in [0.3, 0.4) is 0 Å². The summed E-state index contributed by atoms with van der Waals surface area (Å²) in [4.78, 5) is 28.2. The molecule has 6 heteroatoms. The van der Waals surface area contributed by atoms with Crippen molar-refractivity contribution in [3.8, 4) is 0 Å². The Morgan fingerprint density at radius 1 is 1.00 bits per heavy atom. The number of benzene rings is 2. The van der Waals surface area contributed by atoms with Crippen molar-refractivity contribution in [3.63, 3.8) is 0 Å². The number of halogens is 1. The van der Waals surface area contributed by atoms with Crippen LogP contribution in [0.4, 0.5) is 15.8 Å². The Bertz CT molecular complexity index is 815. The van der Waals surface area contributed by atoms with Crippen LogP contribution in [0.2, 0.25) is 0 Å². The SMILES string of the molecule is CC(=O)N(CCNC(=O)Cc1ccc(F)cc1)c1ccc(N2CCCCC2)cc1. The zero-order valence-electron chi connectivity index (χ0n) is 16.9. The Hall–Kier alpha value is -2.89. The molecule has 0 bridgehead atoms. The number of carbonyl (C=O) groups excluding carboxylic acids is 2. The van der Waals surface area contributed by atoms with Crippen molar-refractivity contribution in [2.75, 3.05) is 36.0 Å². The largest absolute Gasteiger partial charge is 0.372 e. The molecule has 0 aliphatic carbocycles. The molecule has 0 saturated carbocycles. The zero-order chi connectivity index (χ0) is 20.6. The van der Waals surface area contributed by atoms with Crippen LogP contribution in [0.15, 0.2) is 48.5 Å². The first-order valence-corrected chi connectivity index (χ1v) is 10.2. The predicted molar refractivity (Wildman–Crippen MR) is 114 cm³/mol. The van der Waals surface area contributed by atoms with Gasteiger partial charge in [0.25, 0.3) is 0 Å². The molecule has 2 aromatic carbocycles. The minimum absolute atomic E-state index is 0.0662. The lowest BCUT2D eigenvalue weighted by atomic mass is 10.1. The number of carbonyl (C=O) groups is 2. The molecular formula is C23H28FN3O2. The number of anilines is 2. The summed E-state index contributed by atoms with van der Waals surface area (Å²) in [5, 5.41) is 2.83. The van der Waals surface area contributed by atoms with Crippen LogP contribution >= 0.6 is 0 Å². The first-order chi connectivity index (χ1) is 14.0. The predicted octanol–water partition coefficient (Wildman–Crippen LogP) is 3.53. The lowest BCUT2D eigenvalue weighted by molar-refractivity contribution is -0.121. The van der Waals surface area contributed by atoms with Crippen molar-refractivity contribution in [2.24, 2.45) is 0 Å². The van der Waals surface area contributed by atoms with Gasteiger partial charge in [-0.2, -0.15) is 0 Å². The molecule has 1 heterocycles. The van der Waals surface area contributed by atoms with Gasteiger partial charge in [0.15, 0.2) is 0 Å². The number of nitrogens with one attached hydrogen (secondary N) is 1. The topological polar surface area (TPSA) is 52.7 Å². The van der Waals surface area contributed by atoms with Crippen molar-refractivity contribution in [1.29, 1.82) is 0 Å². The minimum atomic E-state index is -0.322. The Balaban J connectivity index is 1.52. The maximum atomic E-state index is 12.9. The van der Waals surface area contributed by atoms with Gasteiger partial charge in [0, 0.05) is 44.5 Å². The second-order valence-electron chi connectivity index (χ2n) is 7.39. The summed E-state index contributed by atoms with van der Waals surface area (Å²) in [5.41, 5.74) is 2.76. The van der Waals surface area contributed by atoms with Gasteiger partial charge in [-0.3, -0.25) is 9.59 Å². The third-order valence-electron chi connectivity index (χ3n) is 5.20. The summed E-state index contributed by atoms with van der Waals surface area (Å²) < 4.78 is 12.9. The van der Waals surface area contributed by atoms with Gasteiger partial charge in [-0.25, -0.2) is 4.39 Å². The van der Waals surface area contributed by atoms with E-state index in [0.29, 0.717) is 13.1 Å². The molecule has 2 amide bonds. The monoisotopic (exact) mass is 397 g/mol. The molecule has 0 radical (unpaired) electrons. The van der Waals surface area contributed by atoms with Crippen LogP contribution in [0.1, 0.15) is 31.7 Å². The Labute approximate surface area is 171 Å². The zero-order valence-corrected chi connectivity index (χ0v) is 16.9.